The van der Waals surface area contributed by atoms with Crippen LogP contribution in [0.2, 0.25) is 0 Å². The fourth-order valence-electron chi connectivity index (χ4n) is 6.40. The molecule has 4 aliphatic rings. The molecule has 0 saturated heterocycles. The molecule has 6 nitrogen and oxygen atoms in total. The molecule has 2 aromatic carbocycles. The Kier molecular flexibility index (Phi) is 10.3. The third-order valence-corrected chi connectivity index (χ3v) is 7.97. The standard InChI is InChI=1S/C22H24O4.C14H20O2/c1-22(2,3)26-21(24)16-25-20-14-10-18(11-15-20)7-5-4-6-17-8-12-19(23)13-9-17;1-8(2)14(15)16-13-11-4-9-3-10(6-11)7-12(13)5-9/h4-15,23H,16H2,1-3H3;9-13H,1,3-7H2,2H3. The van der Waals surface area contributed by atoms with E-state index in [1.807, 2.05) is 81.5 Å². The molecule has 1 N–H and O–H groups in total. The Hall–Kier alpha value is -3.80. The first-order valence-corrected chi connectivity index (χ1v) is 14.9. The Bertz CT molecular complexity index is 1250. The van der Waals surface area contributed by atoms with Crippen molar-refractivity contribution in [3.8, 4) is 11.5 Å². The Morgan fingerprint density at radius 3 is 1.83 bits per heavy atom. The van der Waals surface area contributed by atoms with Crippen LogP contribution in [0, 0.1) is 23.7 Å². The molecule has 4 saturated carbocycles. The highest BCUT2D eigenvalue weighted by Gasteiger charge is 2.49. The van der Waals surface area contributed by atoms with Gasteiger partial charge in [-0.25, -0.2) is 9.59 Å². The molecular weight excluding hydrogens is 528 g/mol. The summed E-state index contributed by atoms with van der Waals surface area (Å²) in [4.78, 5) is 23.2. The van der Waals surface area contributed by atoms with Crippen LogP contribution in [-0.2, 0) is 19.1 Å². The first-order valence-electron chi connectivity index (χ1n) is 14.9. The summed E-state index contributed by atoms with van der Waals surface area (Å²) in [6.45, 7) is 10.8. The molecule has 6 rings (SSSR count). The van der Waals surface area contributed by atoms with Crippen LogP contribution in [-0.4, -0.2) is 35.4 Å². The Balaban J connectivity index is 0.000000214. The van der Waals surface area contributed by atoms with E-state index in [-0.39, 0.29) is 30.4 Å². The molecular formula is C36H44O6. The maximum absolute atomic E-state index is 11.6. The van der Waals surface area contributed by atoms with Gasteiger partial charge < -0.3 is 19.3 Å². The van der Waals surface area contributed by atoms with Gasteiger partial charge >= 0.3 is 11.9 Å². The van der Waals surface area contributed by atoms with Crippen LogP contribution in [0.1, 0.15) is 70.9 Å². The fourth-order valence-corrected chi connectivity index (χ4v) is 6.40. The molecule has 0 amide bonds. The van der Waals surface area contributed by atoms with Gasteiger partial charge in [-0.15, -0.1) is 0 Å². The van der Waals surface area contributed by atoms with E-state index in [9.17, 15) is 14.7 Å². The van der Waals surface area contributed by atoms with Crippen LogP contribution in [0.25, 0.3) is 12.2 Å². The van der Waals surface area contributed by atoms with E-state index in [2.05, 4.69) is 6.58 Å². The summed E-state index contributed by atoms with van der Waals surface area (Å²) in [7, 11) is 0. The highest BCUT2D eigenvalue weighted by Crippen LogP contribution is 2.54. The van der Waals surface area contributed by atoms with Crippen LogP contribution in [0.4, 0.5) is 0 Å². The minimum Gasteiger partial charge on any atom is -0.508 e. The van der Waals surface area contributed by atoms with Gasteiger partial charge in [0.05, 0.1) is 0 Å². The molecule has 0 aliphatic heterocycles. The average molecular weight is 573 g/mol. The first kappa shape index (κ1) is 31.1. The Labute approximate surface area is 250 Å². The van der Waals surface area contributed by atoms with Gasteiger partial charge in [-0.1, -0.05) is 55.1 Å². The molecule has 4 fully saturated rings. The van der Waals surface area contributed by atoms with Gasteiger partial charge in [-0.2, -0.15) is 0 Å². The van der Waals surface area contributed by atoms with Crippen molar-refractivity contribution in [2.75, 3.05) is 6.61 Å². The molecule has 0 heterocycles. The molecule has 0 unspecified atom stereocenters. The number of phenols is 1. The minimum atomic E-state index is -0.511. The summed E-state index contributed by atoms with van der Waals surface area (Å²) in [5.41, 5.74) is 2.06. The lowest BCUT2D eigenvalue weighted by Gasteiger charge is -2.53. The topological polar surface area (TPSA) is 82.1 Å². The van der Waals surface area contributed by atoms with Crippen LogP contribution in [0.15, 0.2) is 72.8 Å². The van der Waals surface area contributed by atoms with Crippen molar-refractivity contribution in [2.45, 2.75) is 71.5 Å². The van der Waals surface area contributed by atoms with Crippen molar-refractivity contribution in [1.29, 1.82) is 0 Å². The van der Waals surface area contributed by atoms with Crippen LogP contribution in [0.5, 0.6) is 11.5 Å². The molecule has 4 aliphatic carbocycles. The smallest absolute Gasteiger partial charge is 0.344 e. The SMILES string of the molecule is C=C(C)C(=O)OC1C2CC3CC(C2)CC1C3.CC(C)(C)OC(=O)COc1ccc(C=CC=Cc2ccc(O)cc2)cc1. The average Bonchev–Trinajstić information content (AvgIpc) is 2.92. The van der Waals surface area contributed by atoms with E-state index in [1.54, 1.807) is 19.1 Å². The monoisotopic (exact) mass is 572 g/mol. The number of hydrogen-bond donors (Lipinski definition) is 1. The van der Waals surface area contributed by atoms with Gasteiger partial charge in [0.1, 0.15) is 23.2 Å². The number of carbonyl (C=O) groups is 2. The molecule has 4 bridgehead atoms. The minimum absolute atomic E-state index is 0.109. The fraction of sp³-hybridized carbons (Fsp3) is 0.444. The number of hydrogen-bond acceptors (Lipinski definition) is 6. The summed E-state index contributed by atoms with van der Waals surface area (Å²) in [5.74, 6) is 3.47. The molecule has 2 aromatic rings. The summed E-state index contributed by atoms with van der Waals surface area (Å²) in [5, 5.41) is 9.24. The number of esters is 2. The number of ether oxygens (including phenoxy) is 3. The van der Waals surface area contributed by atoms with Crippen molar-refractivity contribution >= 4 is 24.1 Å². The van der Waals surface area contributed by atoms with E-state index in [4.69, 9.17) is 14.2 Å². The Morgan fingerprint density at radius 2 is 1.36 bits per heavy atom. The second-order valence-electron chi connectivity index (χ2n) is 12.8. The zero-order chi connectivity index (χ0) is 30.3. The van der Waals surface area contributed by atoms with E-state index in [0.29, 0.717) is 23.2 Å². The highest BCUT2D eigenvalue weighted by atomic mass is 16.6. The molecule has 0 spiro atoms. The zero-order valence-electron chi connectivity index (χ0n) is 25.3. The second-order valence-corrected chi connectivity index (χ2v) is 12.8. The van der Waals surface area contributed by atoms with Gasteiger partial charge in [-0.05, 0) is 119 Å². The lowest BCUT2D eigenvalue weighted by atomic mass is 9.55. The van der Waals surface area contributed by atoms with E-state index in [1.165, 1.54) is 32.1 Å². The van der Waals surface area contributed by atoms with E-state index in [0.717, 1.165) is 23.0 Å². The molecule has 224 valence electrons. The molecule has 42 heavy (non-hydrogen) atoms. The highest BCUT2D eigenvalue weighted by molar-refractivity contribution is 5.87. The predicted molar refractivity (Wildman–Crippen MR) is 166 cm³/mol. The molecule has 0 radical (unpaired) electrons. The van der Waals surface area contributed by atoms with Crippen molar-refractivity contribution in [2.24, 2.45) is 23.7 Å². The first-order chi connectivity index (χ1) is 19.9. The summed E-state index contributed by atoms with van der Waals surface area (Å²) < 4.78 is 16.3. The van der Waals surface area contributed by atoms with Crippen molar-refractivity contribution in [3.63, 3.8) is 0 Å². The van der Waals surface area contributed by atoms with Gasteiger partial charge in [0.25, 0.3) is 0 Å². The number of carbonyl (C=O) groups excluding carboxylic acids is 2. The largest absolute Gasteiger partial charge is 0.508 e. The quantitative estimate of drug-likeness (QED) is 0.198. The van der Waals surface area contributed by atoms with Gasteiger partial charge in [0, 0.05) is 5.57 Å². The van der Waals surface area contributed by atoms with Crippen LogP contribution >= 0.6 is 0 Å². The summed E-state index contributed by atoms with van der Waals surface area (Å²) >= 11 is 0. The van der Waals surface area contributed by atoms with E-state index >= 15 is 0 Å². The second kappa shape index (κ2) is 13.9. The van der Waals surface area contributed by atoms with E-state index < -0.39 is 5.60 Å². The normalized spacial score (nSPS) is 24.2. The van der Waals surface area contributed by atoms with Crippen LogP contribution < -0.4 is 4.74 Å². The van der Waals surface area contributed by atoms with Crippen molar-refractivity contribution in [3.05, 3.63) is 84.0 Å². The Morgan fingerprint density at radius 1 is 0.857 bits per heavy atom. The third-order valence-electron chi connectivity index (χ3n) is 7.97. The lowest BCUT2D eigenvalue weighted by molar-refractivity contribution is -0.166. The molecule has 0 aromatic heterocycles. The summed E-state index contributed by atoms with van der Waals surface area (Å²) in [6.07, 6.45) is 14.6. The molecule has 0 atom stereocenters. The third kappa shape index (κ3) is 9.37. The number of benzene rings is 2. The van der Waals surface area contributed by atoms with Gasteiger partial charge in [-0.3, -0.25) is 0 Å². The number of rotatable bonds is 8. The van der Waals surface area contributed by atoms with Gasteiger partial charge in [0.2, 0.25) is 0 Å². The summed E-state index contributed by atoms with van der Waals surface area (Å²) in [6, 6.07) is 14.4. The predicted octanol–water partition coefficient (Wildman–Crippen LogP) is 7.77. The number of allylic oxidation sites excluding steroid dienone is 2. The number of phenolic OH excluding ortho intramolecular Hbond substituents is 1. The number of aromatic hydroxyl groups is 1. The lowest BCUT2D eigenvalue weighted by Crippen LogP contribution is -2.50. The zero-order valence-corrected chi connectivity index (χ0v) is 25.3. The van der Waals surface area contributed by atoms with Crippen molar-refractivity contribution < 1.29 is 28.9 Å². The molecule has 6 heteroatoms. The van der Waals surface area contributed by atoms with Crippen LogP contribution in [0.3, 0.4) is 0 Å². The van der Waals surface area contributed by atoms with Crippen molar-refractivity contribution in [1.82, 2.24) is 0 Å². The maximum Gasteiger partial charge on any atom is 0.344 e. The maximum atomic E-state index is 11.6. The van der Waals surface area contributed by atoms with Gasteiger partial charge in [0.15, 0.2) is 6.61 Å².